The van der Waals surface area contributed by atoms with Crippen LogP contribution in [0.1, 0.15) is 58.9 Å². The molecule has 1 saturated heterocycles. The third-order valence-corrected chi connectivity index (χ3v) is 5.75. The third-order valence-electron chi connectivity index (χ3n) is 5.75. The Morgan fingerprint density at radius 2 is 1.97 bits per heavy atom. The van der Waals surface area contributed by atoms with Gasteiger partial charge in [0.15, 0.2) is 0 Å². The maximum atomic E-state index is 13.1. The number of benzene rings is 2. The van der Waals surface area contributed by atoms with Crippen LogP contribution in [0.25, 0.3) is 0 Å². The Hall–Kier alpha value is -3.33. The zero-order chi connectivity index (χ0) is 20.4. The van der Waals surface area contributed by atoms with Gasteiger partial charge in [-0.1, -0.05) is 6.42 Å². The number of anilines is 2. The van der Waals surface area contributed by atoms with Crippen molar-refractivity contribution in [2.45, 2.75) is 38.8 Å². The van der Waals surface area contributed by atoms with E-state index in [9.17, 15) is 9.59 Å². The number of hydrogen-bond acceptors (Lipinski definition) is 4. The van der Waals surface area contributed by atoms with Crippen LogP contribution in [0.2, 0.25) is 0 Å². The number of nitriles is 1. The third kappa shape index (κ3) is 3.56. The lowest BCUT2D eigenvalue weighted by Gasteiger charge is -2.44. The molecule has 2 aromatic carbocycles. The molecule has 0 aromatic heterocycles. The molecule has 2 aliphatic rings. The molecular formula is C23H24N4O2. The molecule has 0 bridgehead atoms. The predicted molar refractivity (Wildman–Crippen MR) is 112 cm³/mol. The van der Waals surface area contributed by atoms with Crippen molar-refractivity contribution in [3.63, 3.8) is 0 Å². The van der Waals surface area contributed by atoms with Gasteiger partial charge in [0.1, 0.15) is 6.17 Å². The summed E-state index contributed by atoms with van der Waals surface area (Å²) in [7, 11) is 0. The molecule has 1 unspecified atom stereocenters. The monoisotopic (exact) mass is 388 g/mol. The number of nitrogens with zero attached hydrogens (tertiary/aromatic N) is 3. The fraction of sp³-hybridized carbons (Fsp3) is 0.348. The van der Waals surface area contributed by atoms with E-state index in [0.717, 1.165) is 44.5 Å². The summed E-state index contributed by atoms with van der Waals surface area (Å²) < 4.78 is 0. The Balaban J connectivity index is 1.63. The summed E-state index contributed by atoms with van der Waals surface area (Å²) >= 11 is 0. The first-order valence-corrected chi connectivity index (χ1v) is 10.2. The van der Waals surface area contributed by atoms with Crippen molar-refractivity contribution in [1.29, 1.82) is 5.26 Å². The maximum absolute atomic E-state index is 13.1. The van der Waals surface area contributed by atoms with E-state index in [1.54, 1.807) is 36.4 Å². The number of carbonyl (C=O) groups is 2. The van der Waals surface area contributed by atoms with E-state index in [0.29, 0.717) is 22.4 Å². The molecule has 2 aliphatic heterocycles. The van der Waals surface area contributed by atoms with Crippen LogP contribution in [0, 0.1) is 11.3 Å². The van der Waals surface area contributed by atoms with Crippen LogP contribution >= 0.6 is 0 Å². The lowest BCUT2D eigenvalue weighted by atomic mass is 10.0. The summed E-state index contributed by atoms with van der Waals surface area (Å²) in [6, 6.07) is 14.1. The first-order chi connectivity index (χ1) is 14.1. The molecule has 1 N–H and O–H groups in total. The average Bonchev–Trinajstić information content (AvgIpc) is 3.01. The molecule has 0 saturated carbocycles. The van der Waals surface area contributed by atoms with Gasteiger partial charge in [-0.05, 0) is 68.7 Å². The van der Waals surface area contributed by atoms with Gasteiger partial charge < -0.3 is 15.1 Å². The highest BCUT2D eigenvalue weighted by Gasteiger charge is 2.37. The highest BCUT2D eigenvalue weighted by atomic mass is 16.2. The van der Waals surface area contributed by atoms with Crippen LogP contribution in [0.5, 0.6) is 0 Å². The zero-order valence-corrected chi connectivity index (χ0v) is 16.5. The van der Waals surface area contributed by atoms with Crippen LogP contribution in [0.3, 0.4) is 0 Å². The lowest BCUT2D eigenvalue weighted by molar-refractivity contribution is 0.0656. The molecule has 6 heteroatoms. The molecule has 2 heterocycles. The minimum absolute atomic E-state index is 0.0654. The van der Waals surface area contributed by atoms with Crippen molar-refractivity contribution in [2.75, 3.05) is 23.3 Å². The summed E-state index contributed by atoms with van der Waals surface area (Å²) in [6.07, 6.45) is 4.33. The Kier molecular flexibility index (Phi) is 5.22. The van der Waals surface area contributed by atoms with Crippen LogP contribution < -0.4 is 10.2 Å². The van der Waals surface area contributed by atoms with Gasteiger partial charge in [0.05, 0.1) is 22.9 Å². The van der Waals surface area contributed by atoms with Crippen molar-refractivity contribution in [1.82, 2.24) is 4.90 Å². The zero-order valence-electron chi connectivity index (χ0n) is 16.5. The summed E-state index contributed by atoms with van der Waals surface area (Å²) in [5, 5.41) is 11.8. The van der Waals surface area contributed by atoms with Gasteiger partial charge in [-0.25, -0.2) is 0 Å². The van der Waals surface area contributed by atoms with Gasteiger partial charge >= 0.3 is 0 Å². The predicted octanol–water partition coefficient (Wildman–Crippen LogP) is 3.99. The minimum Gasteiger partial charge on any atom is -0.351 e. The van der Waals surface area contributed by atoms with Crippen LogP contribution in [0.15, 0.2) is 42.5 Å². The molecular weight excluding hydrogens is 364 g/mol. The van der Waals surface area contributed by atoms with Crippen molar-refractivity contribution in [3.8, 4) is 6.07 Å². The Morgan fingerprint density at radius 1 is 1.17 bits per heavy atom. The van der Waals surface area contributed by atoms with E-state index in [-0.39, 0.29) is 18.0 Å². The number of rotatable bonds is 3. The SMILES string of the molecule is CCN1c2cc(C(=O)Nc3ccc(C#N)cc3)ccc2C(=O)N2CCCCCC21. The fourth-order valence-electron chi connectivity index (χ4n) is 4.27. The van der Waals surface area contributed by atoms with Gasteiger partial charge in [-0.2, -0.15) is 5.26 Å². The summed E-state index contributed by atoms with van der Waals surface area (Å²) in [5.41, 5.74) is 3.20. The molecule has 1 atom stereocenters. The number of fused-ring (bicyclic) bond motifs is 2. The van der Waals surface area contributed by atoms with Gasteiger partial charge in [-0.3, -0.25) is 9.59 Å². The quantitative estimate of drug-likeness (QED) is 0.862. The molecule has 4 rings (SSSR count). The van der Waals surface area contributed by atoms with Gasteiger partial charge in [0.25, 0.3) is 11.8 Å². The topological polar surface area (TPSA) is 76.4 Å². The molecule has 6 nitrogen and oxygen atoms in total. The average molecular weight is 388 g/mol. The summed E-state index contributed by atoms with van der Waals surface area (Å²) in [4.78, 5) is 30.1. The van der Waals surface area contributed by atoms with E-state index in [1.165, 1.54) is 0 Å². The number of hydrogen-bond donors (Lipinski definition) is 1. The number of carbonyl (C=O) groups excluding carboxylic acids is 2. The molecule has 0 aliphatic carbocycles. The van der Waals surface area contributed by atoms with Gasteiger partial charge in [0, 0.05) is 24.3 Å². The fourth-order valence-corrected chi connectivity index (χ4v) is 4.27. The standard InChI is InChI=1S/C23H24N4O2/c1-2-26-20-14-17(22(28)25-18-10-7-16(15-24)8-11-18)9-12-19(20)23(29)27-13-5-3-4-6-21(26)27/h7-12,14,21H,2-6,13H2,1H3,(H,25,28). The minimum atomic E-state index is -0.232. The van der Waals surface area contributed by atoms with Crippen LogP contribution in [0.4, 0.5) is 11.4 Å². The van der Waals surface area contributed by atoms with E-state index in [4.69, 9.17) is 5.26 Å². The van der Waals surface area contributed by atoms with Crippen LogP contribution in [-0.2, 0) is 0 Å². The van der Waals surface area contributed by atoms with Crippen molar-refractivity contribution >= 4 is 23.2 Å². The highest BCUT2D eigenvalue weighted by molar-refractivity contribution is 6.08. The summed E-state index contributed by atoms with van der Waals surface area (Å²) in [6.45, 7) is 3.66. The Morgan fingerprint density at radius 3 is 2.69 bits per heavy atom. The Labute approximate surface area is 170 Å². The van der Waals surface area contributed by atoms with E-state index in [1.807, 2.05) is 11.0 Å². The number of amides is 2. The second-order valence-electron chi connectivity index (χ2n) is 7.49. The second kappa shape index (κ2) is 7.96. The van der Waals surface area contributed by atoms with Gasteiger partial charge in [0.2, 0.25) is 0 Å². The first-order valence-electron chi connectivity index (χ1n) is 10.2. The lowest BCUT2D eigenvalue weighted by Crippen LogP contribution is -2.55. The van der Waals surface area contributed by atoms with Crippen molar-refractivity contribution < 1.29 is 9.59 Å². The summed E-state index contributed by atoms with van der Waals surface area (Å²) in [5.74, 6) is -0.167. The largest absolute Gasteiger partial charge is 0.351 e. The van der Waals surface area contributed by atoms with E-state index in [2.05, 4.69) is 23.2 Å². The first kappa shape index (κ1) is 19.0. The number of nitrogens with one attached hydrogen (secondary N) is 1. The molecule has 0 spiro atoms. The molecule has 148 valence electrons. The highest BCUT2D eigenvalue weighted by Crippen LogP contribution is 2.35. The smallest absolute Gasteiger partial charge is 0.257 e. The molecule has 1 fully saturated rings. The normalized spacial score (nSPS) is 18.3. The van der Waals surface area contributed by atoms with Gasteiger partial charge in [-0.15, -0.1) is 0 Å². The molecule has 2 amide bonds. The molecule has 0 radical (unpaired) electrons. The van der Waals surface area contributed by atoms with Crippen molar-refractivity contribution in [3.05, 3.63) is 59.2 Å². The second-order valence-corrected chi connectivity index (χ2v) is 7.49. The van der Waals surface area contributed by atoms with Crippen molar-refractivity contribution in [2.24, 2.45) is 0 Å². The maximum Gasteiger partial charge on any atom is 0.257 e. The van der Waals surface area contributed by atoms with E-state index < -0.39 is 0 Å². The van der Waals surface area contributed by atoms with E-state index >= 15 is 0 Å². The Bertz CT molecular complexity index is 977. The van der Waals surface area contributed by atoms with Crippen LogP contribution in [-0.4, -0.2) is 36.0 Å². The molecule has 29 heavy (non-hydrogen) atoms. The molecule has 2 aromatic rings.